The SMILES string of the molecule is CCCOc1nc(NN)nc(NC2CNC(=O)C2)n1. The Labute approximate surface area is 110 Å². The molecule has 0 bridgehead atoms. The standard InChI is InChI=1S/C10H17N7O2/c1-2-3-19-10-15-8(14-9(16-10)17-11)13-6-4-7(18)12-5-6/h6H,2-5,11H2,1H3,(H,12,18)(H2,13,14,15,16,17). The molecule has 5 N–H and O–H groups in total. The van der Waals surface area contributed by atoms with Crippen LogP contribution in [0.15, 0.2) is 0 Å². The largest absolute Gasteiger partial charge is 0.463 e. The van der Waals surface area contributed by atoms with Gasteiger partial charge in [-0.25, -0.2) is 5.84 Å². The molecule has 9 heteroatoms. The number of anilines is 2. The van der Waals surface area contributed by atoms with E-state index in [4.69, 9.17) is 10.6 Å². The van der Waals surface area contributed by atoms with Crippen LogP contribution in [-0.2, 0) is 4.79 Å². The monoisotopic (exact) mass is 267 g/mol. The van der Waals surface area contributed by atoms with Crippen molar-refractivity contribution in [1.29, 1.82) is 0 Å². The van der Waals surface area contributed by atoms with Crippen LogP contribution in [0.5, 0.6) is 6.01 Å². The maximum Gasteiger partial charge on any atom is 0.323 e. The van der Waals surface area contributed by atoms with Crippen molar-refractivity contribution in [3.8, 4) is 6.01 Å². The van der Waals surface area contributed by atoms with E-state index < -0.39 is 0 Å². The molecule has 1 aromatic heterocycles. The molecule has 104 valence electrons. The molecule has 1 amide bonds. The summed E-state index contributed by atoms with van der Waals surface area (Å²) in [4.78, 5) is 23.3. The maximum absolute atomic E-state index is 11.1. The number of nitrogens with zero attached hydrogens (tertiary/aromatic N) is 3. The summed E-state index contributed by atoms with van der Waals surface area (Å²) in [6.45, 7) is 3.04. The van der Waals surface area contributed by atoms with Gasteiger partial charge < -0.3 is 15.4 Å². The van der Waals surface area contributed by atoms with E-state index in [0.717, 1.165) is 6.42 Å². The molecule has 1 unspecified atom stereocenters. The summed E-state index contributed by atoms with van der Waals surface area (Å²) in [5, 5.41) is 5.76. The van der Waals surface area contributed by atoms with Gasteiger partial charge in [0.15, 0.2) is 0 Å². The number of amides is 1. The quantitative estimate of drug-likeness (QED) is 0.391. The third-order valence-corrected chi connectivity index (χ3v) is 2.49. The van der Waals surface area contributed by atoms with Crippen LogP contribution < -0.4 is 26.6 Å². The number of rotatable bonds is 6. The van der Waals surface area contributed by atoms with Crippen molar-refractivity contribution in [2.24, 2.45) is 5.84 Å². The molecule has 1 saturated heterocycles. The average Bonchev–Trinajstić information content (AvgIpc) is 2.81. The highest BCUT2D eigenvalue weighted by Gasteiger charge is 2.22. The number of aromatic nitrogens is 3. The van der Waals surface area contributed by atoms with E-state index in [1.54, 1.807) is 0 Å². The summed E-state index contributed by atoms with van der Waals surface area (Å²) >= 11 is 0. The zero-order valence-corrected chi connectivity index (χ0v) is 10.6. The number of hydrogen-bond donors (Lipinski definition) is 4. The third-order valence-electron chi connectivity index (χ3n) is 2.49. The van der Waals surface area contributed by atoms with Gasteiger partial charge in [-0.3, -0.25) is 10.2 Å². The fourth-order valence-corrected chi connectivity index (χ4v) is 1.63. The maximum atomic E-state index is 11.1. The fourth-order valence-electron chi connectivity index (χ4n) is 1.63. The average molecular weight is 267 g/mol. The first-order valence-electron chi connectivity index (χ1n) is 6.10. The van der Waals surface area contributed by atoms with E-state index in [2.05, 4.69) is 31.0 Å². The second-order valence-electron chi connectivity index (χ2n) is 4.11. The van der Waals surface area contributed by atoms with Crippen LogP contribution in [0.1, 0.15) is 19.8 Å². The number of nitrogens with two attached hydrogens (primary N) is 1. The number of carbonyl (C=O) groups is 1. The molecular formula is C10H17N7O2. The predicted molar refractivity (Wildman–Crippen MR) is 68.5 cm³/mol. The second-order valence-corrected chi connectivity index (χ2v) is 4.11. The van der Waals surface area contributed by atoms with Gasteiger partial charge in [-0.15, -0.1) is 0 Å². The molecule has 0 aliphatic carbocycles. The Morgan fingerprint density at radius 1 is 1.42 bits per heavy atom. The van der Waals surface area contributed by atoms with Gasteiger partial charge in [-0.05, 0) is 6.42 Å². The Hall–Kier alpha value is -2.16. The summed E-state index contributed by atoms with van der Waals surface area (Å²) in [5.41, 5.74) is 2.35. The molecular weight excluding hydrogens is 250 g/mol. The molecule has 19 heavy (non-hydrogen) atoms. The van der Waals surface area contributed by atoms with E-state index in [1.165, 1.54) is 0 Å². The first kappa shape index (κ1) is 13.3. The molecule has 0 spiro atoms. The lowest BCUT2D eigenvalue weighted by Crippen LogP contribution is -2.24. The van der Waals surface area contributed by atoms with Gasteiger partial charge in [0.1, 0.15) is 0 Å². The number of carbonyl (C=O) groups excluding carboxylic acids is 1. The number of nitrogen functional groups attached to an aromatic ring is 1. The number of hydrazine groups is 1. The first-order valence-corrected chi connectivity index (χ1v) is 6.10. The molecule has 1 fully saturated rings. The Balaban J connectivity index is 2.07. The number of ether oxygens (including phenoxy) is 1. The van der Waals surface area contributed by atoms with Crippen molar-refractivity contribution in [2.45, 2.75) is 25.8 Å². The summed E-state index contributed by atoms with van der Waals surface area (Å²) in [7, 11) is 0. The lowest BCUT2D eigenvalue weighted by Gasteiger charge is -2.12. The molecule has 0 saturated carbocycles. The van der Waals surface area contributed by atoms with Crippen LogP contribution in [0.4, 0.5) is 11.9 Å². The van der Waals surface area contributed by atoms with Gasteiger partial charge in [0, 0.05) is 13.0 Å². The van der Waals surface area contributed by atoms with Crippen molar-refractivity contribution in [1.82, 2.24) is 20.3 Å². The minimum atomic E-state index is -0.0421. The van der Waals surface area contributed by atoms with Gasteiger partial charge in [0.2, 0.25) is 17.8 Å². The minimum absolute atomic E-state index is 0.00573. The van der Waals surface area contributed by atoms with Gasteiger partial charge >= 0.3 is 6.01 Å². The van der Waals surface area contributed by atoms with Crippen molar-refractivity contribution >= 4 is 17.8 Å². The fraction of sp³-hybridized carbons (Fsp3) is 0.600. The molecule has 1 aromatic rings. The molecule has 1 atom stereocenters. The lowest BCUT2D eigenvalue weighted by molar-refractivity contribution is -0.119. The van der Waals surface area contributed by atoms with Crippen molar-refractivity contribution in [2.75, 3.05) is 23.9 Å². The molecule has 2 heterocycles. The van der Waals surface area contributed by atoms with Gasteiger partial charge in [0.25, 0.3) is 0 Å². The topological polar surface area (TPSA) is 127 Å². The van der Waals surface area contributed by atoms with Crippen LogP contribution in [-0.4, -0.2) is 40.1 Å². The highest BCUT2D eigenvalue weighted by molar-refractivity contribution is 5.79. The van der Waals surface area contributed by atoms with E-state index in [-0.39, 0.29) is 23.9 Å². The molecule has 0 aromatic carbocycles. The van der Waals surface area contributed by atoms with E-state index >= 15 is 0 Å². The third kappa shape index (κ3) is 3.65. The van der Waals surface area contributed by atoms with Crippen molar-refractivity contribution < 1.29 is 9.53 Å². The molecule has 9 nitrogen and oxygen atoms in total. The Morgan fingerprint density at radius 3 is 2.84 bits per heavy atom. The predicted octanol–water partition coefficient (Wildman–Crippen LogP) is -0.754. The zero-order valence-electron chi connectivity index (χ0n) is 10.6. The number of nitrogens with one attached hydrogen (secondary N) is 3. The molecule has 1 aliphatic heterocycles. The summed E-state index contributed by atoms with van der Waals surface area (Å²) in [6, 6.07) is 0.157. The zero-order chi connectivity index (χ0) is 13.7. The van der Waals surface area contributed by atoms with E-state index in [0.29, 0.717) is 25.5 Å². The highest BCUT2D eigenvalue weighted by Crippen LogP contribution is 2.13. The van der Waals surface area contributed by atoms with Crippen LogP contribution in [0.25, 0.3) is 0 Å². The van der Waals surface area contributed by atoms with Crippen LogP contribution in [0.2, 0.25) is 0 Å². The van der Waals surface area contributed by atoms with E-state index in [9.17, 15) is 4.79 Å². The minimum Gasteiger partial charge on any atom is -0.463 e. The summed E-state index contributed by atoms with van der Waals surface area (Å²) in [5.74, 6) is 5.84. The Bertz CT molecular complexity index is 454. The van der Waals surface area contributed by atoms with Crippen LogP contribution in [0, 0.1) is 0 Å². The summed E-state index contributed by atoms with van der Waals surface area (Å²) in [6.07, 6.45) is 1.24. The van der Waals surface area contributed by atoms with Gasteiger partial charge in [-0.2, -0.15) is 15.0 Å². The van der Waals surface area contributed by atoms with Crippen LogP contribution in [0.3, 0.4) is 0 Å². The lowest BCUT2D eigenvalue weighted by atomic mass is 10.3. The van der Waals surface area contributed by atoms with Gasteiger partial charge in [-0.1, -0.05) is 6.92 Å². The molecule has 2 rings (SSSR count). The van der Waals surface area contributed by atoms with E-state index in [1.807, 2.05) is 6.92 Å². The van der Waals surface area contributed by atoms with Crippen molar-refractivity contribution in [3.05, 3.63) is 0 Å². The summed E-state index contributed by atoms with van der Waals surface area (Å²) < 4.78 is 5.34. The first-order chi connectivity index (χ1) is 9.21. The highest BCUT2D eigenvalue weighted by atomic mass is 16.5. The Morgan fingerprint density at radius 2 is 2.21 bits per heavy atom. The molecule has 0 radical (unpaired) electrons. The van der Waals surface area contributed by atoms with Crippen LogP contribution >= 0.6 is 0 Å². The smallest absolute Gasteiger partial charge is 0.323 e. The number of hydrogen-bond acceptors (Lipinski definition) is 8. The Kier molecular flexibility index (Phi) is 4.29. The molecule has 1 aliphatic rings. The second kappa shape index (κ2) is 6.14. The van der Waals surface area contributed by atoms with Gasteiger partial charge in [0.05, 0.1) is 12.6 Å². The van der Waals surface area contributed by atoms with Crippen molar-refractivity contribution in [3.63, 3.8) is 0 Å². The normalized spacial score (nSPS) is 18.0.